The number of methoxy groups -OCH3 is 1. The molecule has 0 spiro atoms. The molecule has 0 aliphatic carbocycles. The Kier molecular flexibility index (Phi) is 11.6. The fourth-order valence-corrected chi connectivity index (χ4v) is 6.39. The minimum absolute atomic E-state index is 0.00407. The predicted octanol–water partition coefficient (Wildman–Crippen LogP) is 8.22. The summed E-state index contributed by atoms with van der Waals surface area (Å²) < 4.78 is 69.5. The standard InChI is InChI=1S/C29H25Br2ClN8O9S2/c1-49-17-8-9-19(21(12-17)50(43,44)45)39-40-24-22(51(46,47)48)10-14-4-2-7-20(23(14)25(24)41)35-29-37-27(32)36-28(38-29)34-16-6-3-5-15(11-16)33-26(42)18(31)13-30/h2-12,18,41,46-48H,13H2,1H3,(H,33,42)(H,43,44,45)(H2,34,35,36,37,38). The van der Waals surface area contributed by atoms with Crippen LogP contribution in [-0.4, -0.2) is 69.9 Å². The molecule has 0 fully saturated rings. The molecule has 1 amide bonds. The Hall–Kier alpha value is -4.19. The van der Waals surface area contributed by atoms with E-state index < -0.39 is 52.7 Å². The van der Waals surface area contributed by atoms with Gasteiger partial charge in [-0.2, -0.15) is 23.4 Å². The number of anilines is 5. The molecule has 51 heavy (non-hydrogen) atoms. The van der Waals surface area contributed by atoms with Crippen LogP contribution in [0.5, 0.6) is 11.5 Å². The molecular formula is C29H25Br2ClN8O9S2. The maximum Gasteiger partial charge on any atom is 0.296 e. The Bertz CT molecular complexity index is 2280. The van der Waals surface area contributed by atoms with Crippen LogP contribution in [0.4, 0.5) is 40.3 Å². The van der Waals surface area contributed by atoms with E-state index in [-0.39, 0.29) is 45.3 Å². The van der Waals surface area contributed by atoms with Gasteiger partial charge in [0.1, 0.15) is 37.7 Å². The van der Waals surface area contributed by atoms with E-state index in [1.165, 1.54) is 25.3 Å². The average molecular weight is 889 g/mol. The topological polar surface area (TPSA) is 261 Å². The van der Waals surface area contributed by atoms with Crippen molar-refractivity contribution in [2.45, 2.75) is 14.6 Å². The van der Waals surface area contributed by atoms with Crippen molar-refractivity contribution >= 4 is 121 Å². The van der Waals surface area contributed by atoms with Crippen molar-refractivity contribution in [2.75, 3.05) is 28.4 Å². The van der Waals surface area contributed by atoms with Crippen molar-refractivity contribution in [1.82, 2.24) is 15.0 Å². The molecule has 268 valence electrons. The summed E-state index contributed by atoms with van der Waals surface area (Å²) in [6.07, 6.45) is 0. The number of azo groups is 1. The van der Waals surface area contributed by atoms with Crippen molar-refractivity contribution in [3.8, 4) is 11.5 Å². The lowest BCUT2D eigenvalue weighted by molar-refractivity contribution is -0.115. The fourth-order valence-electron chi connectivity index (χ4n) is 4.50. The minimum Gasteiger partial charge on any atom is -0.505 e. The number of benzene rings is 4. The van der Waals surface area contributed by atoms with E-state index in [1.807, 2.05) is 0 Å². The van der Waals surface area contributed by atoms with Crippen LogP contribution in [0.3, 0.4) is 0 Å². The molecule has 0 radical (unpaired) electrons. The number of fused-ring (bicyclic) bond motifs is 1. The van der Waals surface area contributed by atoms with Gasteiger partial charge < -0.3 is 39.5 Å². The van der Waals surface area contributed by atoms with Crippen molar-refractivity contribution in [2.24, 2.45) is 10.2 Å². The van der Waals surface area contributed by atoms with Crippen LogP contribution >= 0.6 is 54.3 Å². The second-order valence-electron chi connectivity index (χ2n) is 10.2. The number of nitrogens with zero attached hydrogens (tertiary/aromatic N) is 5. The number of amides is 1. The fraction of sp³-hybridized carbons (Fsp3) is 0.103. The quantitative estimate of drug-likeness (QED) is 0.0334. The van der Waals surface area contributed by atoms with E-state index in [9.17, 15) is 36.5 Å². The summed E-state index contributed by atoms with van der Waals surface area (Å²) in [4.78, 5) is 23.0. The first-order valence-electron chi connectivity index (χ1n) is 14.0. The number of carbonyl (C=O) groups is 1. The Labute approximate surface area is 312 Å². The minimum atomic E-state index is -4.84. The molecule has 8 N–H and O–H groups in total. The number of phenolic OH excluding ortho intramolecular Hbond substituents is 1. The second kappa shape index (κ2) is 15.6. The van der Waals surface area contributed by atoms with Crippen LogP contribution in [0, 0.1) is 0 Å². The molecule has 1 heterocycles. The van der Waals surface area contributed by atoms with Crippen LogP contribution in [0.15, 0.2) is 86.7 Å². The first-order valence-corrected chi connectivity index (χ1v) is 19.4. The summed E-state index contributed by atoms with van der Waals surface area (Å²) in [5.41, 5.74) is 0.103. The third-order valence-corrected chi connectivity index (χ3v) is 10.9. The first-order chi connectivity index (χ1) is 24.1. The maximum atomic E-state index is 12.3. The highest BCUT2D eigenvalue weighted by molar-refractivity contribution is 9.12. The molecule has 0 saturated heterocycles. The van der Waals surface area contributed by atoms with Crippen LogP contribution in [0.25, 0.3) is 10.8 Å². The number of phenols is 1. The number of halogens is 3. The van der Waals surface area contributed by atoms with Gasteiger partial charge in [-0.25, -0.2) is 0 Å². The molecule has 17 nitrogen and oxygen atoms in total. The summed E-state index contributed by atoms with van der Waals surface area (Å²) in [5, 5.41) is 28.2. The van der Waals surface area contributed by atoms with Gasteiger partial charge in [0.25, 0.3) is 10.1 Å². The highest BCUT2D eigenvalue weighted by Crippen LogP contribution is 2.55. The Morgan fingerprint density at radius 3 is 2.27 bits per heavy atom. The van der Waals surface area contributed by atoms with Gasteiger partial charge in [-0.05, 0) is 59.5 Å². The summed E-state index contributed by atoms with van der Waals surface area (Å²) in [6.45, 7) is 0. The second-order valence-corrected chi connectivity index (χ2v) is 15.2. The zero-order valence-corrected chi connectivity index (χ0v) is 31.3. The van der Waals surface area contributed by atoms with Gasteiger partial charge in [-0.3, -0.25) is 9.35 Å². The predicted molar refractivity (Wildman–Crippen MR) is 199 cm³/mol. The zero-order valence-electron chi connectivity index (χ0n) is 25.7. The Morgan fingerprint density at radius 2 is 1.61 bits per heavy atom. The van der Waals surface area contributed by atoms with Crippen molar-refractivity contribution < 1.29 is 41.3 Å². The van der Waals surface area contributed by atoms with E-state index >= 15 is 0 Å². The number of nitrogens with one attached hydrogen (secondary N) is 3. The number of rotatable bonds is 12. The molecule has 0 aliphatic rings. The molecule has 1 unspecified atom stereocenters. The molecule has 1 aromatic heterocycles. The highest BCUT2D eigenvalue weighted by Gasteiger charge is 2.27. The molecule has 4 aromatic carbocycles. The van der Waals surface area contributed by atoms with Crippen molar-refractivity contribution in [1.29, 1.82) is 0 Å². The number of ether oxygens (including phenoxy) is 1. The molecule has 22 heteroatoms. The van der Waals surface area contributed by atoms with E-state index in [1.54, 1.807) is 30.3 Å². The lowest BCUT2D eigenvalue weighted by Gasteiger charge is -2.22. The largest absolute Gasteiger partial charge is 0.505 e. The lowest BCUT2D eigenvalue weighted by Crippen LogP contribution is -2.23. The zero-order chi connectivity index (χ0) is 37.1. The average Bonchev–Trinajstić information content (AvgIpc) is 3.06. The van der Waals surface area contributed by atoms with Crippen LogP contribution in [-0.2, 0) is 14.9 Å². The summed E-state index contributed by atoms with van der Waals surface area (Å²) in [6, 6.07) is 15.9. The summed E-state index contributed by atoms with van der Waals surface area (Å²) >= 11 is 12.7. The Morgan fingerprint density at radius 1 is 0.922 bits per heavy atom. The third-order valence-electron chi connectivity index (χ3n) is 6.74. The van der Waals surface area contributed by atoms with Gasteiger partial charge in [-0.15, -0.1) is 10.2 Å². The third kappa shape index (κ3) is 9.19. The highest BCUT2D eigenvalue weighted by atomic mass is 79.9. The number of hydrogen-bond donors (Lipinski definition) is 8. The smallest absolute Gasteiger partial charge is 0.296 e. The molecule has 0 bridgehead atoms. The van der Waals surface area contributed by atoms with E-state index in [0.29, 0.717) is 16.7 Å². The van der Waals surface area contributed by atoms with Crippen LogP contribution in [0.2, 0.25) is 5.28 Å². The molecule has 0 aliphatic heterocycles. The molecule has 5 rings (SSSR count). The summed E-state index contributed by atoms with van der Waals surface area (Å²) in [7, 11) is -8.10. The van der Waals surface area contributed by atoms with Crippen LogP contribution in [0.1, 0.15) is 0 Å². The van der Waals surface area contributed by atoms with Gasteiger partial charge in [-0.1, -0.05) is 50.1 Å². The molecule has 5 aromatic rings. The number of hydrogen-bond acceptors (Lipinski definition) is 15. The van der Waals surface area contributed by atoms with E-state index in [4.69, 9.17) is 16.3 Å². The van der Waals surface area contributed by atoms with E-state index in [2.05, 4.69) is 73.0 Å². The van der Waals surface area contributed by atoms with Crippen molar-refractivity contribution in [3.05, 3.63) is 72.0 Å². The van der Waals surface area contributed by atoms with Gasteiger partial charge >= 0.3 is 0 Å². The van der Waals surface area contributed by atoms with Crippen LogP contribution < -0.4 is 20.7 Å². The van der Waals surface area contributed by atoms with E-state index in [0.717, 1.165) is 18.2 Å². The molecule has 0 saturated carbocycles. The van der Waals surface area contributed by atoms with Gasteiger partial charge in [0.2, 0.25) is 23.1 Å². The normalized spacial score (nSPS) is 12.9. The summed E-state index contributed by atoms with van der Waals surface area (Å²) in [5.74, 6) is -0.995. The molecule has 1 atom stereocenters. The first kappa shape index (κ1) is 38.1. The molecular weight excluding hydrogens is 864 g/mol. The maximum absolute atomic E-state index is 12.3. The SMILES string of the molecule is COc1ccc(N=Nc2c(S(O)(O)O)cc3cccc(Nc4nc(Cl)nc(Nc5cccc(NC(=O)C(Br)CBr)c5)n4)c3c2O)c(S(=O)(=O)O)c1. The van der Waals surface area contributed by atoms with Gasteiger partial charge in [0.05, 0.1) is 17.7 Å². The van der Waals surface area contributed by atoms with Gasteiger partial charge in [0.15, 0.2) is 5.75 Å². The number of alkyl halides is 2. The monoisotopic (exact) mass is 886 g/mol. The number of aromatic nitrogens is 3. The lowest BCUT2D eigenvalue weighted by atomic mass is 10.1. The number of carbonyl (C=O) groups excluding carboxylic acids is 1. The van der Waals surface area contributed by atoms with Crippen molar-refractivity contribution in [3.63, 3.8) is 0 Å². The number of aromatic hydroxyl groups is 1. The Balaban J connectivity index is 1.53. The van der Waals surface area contributed by atoms with Gasteiger partial charge in [0, 0.05) is 28.2 Å².